The van der Waals surface area contributed by atoms with E-state index in [1.165, 1.54) is 0 Å². The Morgan fingerprint density at radius 3 is 2.48 bits per heavy atom. The molecule has 2 amide bonds. The van der Waals surface area contributed by atoms with Crippen molar-refractivity contribution in [3.8, 4) is 0 Å². The Bertz CT molecular complexity index is 432. The minimum absolute atomic E-state index is 0.0105. The summed E-state index contributed by atoms with van der Waals surface area (Å²) in [5.41, 5.74) is 0. The van der Waals surface area contributed by atoms with Crippen molar-refractivity contribution in [3.05, 3.63) is 0 Å². The van der Waals surface area contributed by atoms with Crippen LogP contribution in [0.4, 0.5) is 0 Å². The van der Waals surface area contributed by atoms with Crippen LogP contribution in [-0.2, 0) is 9.59 Å². The van der Waals surface area contributed by atoms with Crippen LogP contribution in [0.25, 0.3) is 0 Å². The summed E-state index contributed by atoms with van der Waals surface area (Å²) in [6, 6.07) is -0.102. The third-order valence-electron chi connectivity index (χ3n) is 5.34. The van der Waals surface area contributed by atoms with E-state index in [4.69, 9.17) is 0 Å². The molecule has 0 radical (unpaired) electrons. The zero-order valence-corrected chi connectivity index (χ0v) is 14.1. The molecule has 3 fully saturated rings. The molecule has 0 aliphatic carbocycles. The van der Waals surface area contributed by atoms with E-state index < -0.39 is 0 Å². The maximum Gasteiger partial charge on any atom is 0.240 e. The summed E-state index contributed by atoms with van der Waals surface area (Å²) in [6.07, 6.45) is 1.88. The second-order valence-corrected chi connectivity index (χ2v) is 6.95. The van der Waals surface area contributed by atoms with Crippen molar-refractivity contribution in [1.82, 2.24) is 25.3 Å². The minimum atomic E-state index is -0.102. The van der Waals surface area contributed by atoms with Crippen LogP contribution in [0.1, 0.15) is 12.8 Å². The van der Waals surface area contributed by atoms with Gasteiger partial charge in [0.25, 0.3) is 0 Å². The first-order valence-electron chi connectivity index (χ1n) is 8.84. The number of nitrogens with one attached hydrogen (secondary N) is 2. The summed E-state index contributed by atoms with van der Waals surface area (Å²) in [4.78, 5) is 30.9. The number of piperazine rings is 1. The van der Waals surface area contributed by atoms with Crippen LogP contribution in [0.3, 0.4) is 0 Å². The molecule has 3 aliphatic rings. The molecule has 0 bridgehead atoms. The van der Waals surface area contributed by atoms with E-state index >= 15 is 0 Å². The Hall–Kier alpha value is -1.18. The maximum absolute atomic E-state index is 12.8. The average Bonchev–Trinajstić information content (AvgIpc) is 2.98. The maximum atomic E-state index is 12.8. The first-order valence-corrected chi connectivity index (χ1v) is 8.84. The lowest BCUT2D eigenvalue weighted by molar-refractivity contribution is -0.138. The highest BCUT2D eigenvalue weighted by Crippen LogP contribution is 2.20. The number of carbonyl (C=O) groups excluding carboxylic acids is 2. The molecule has 0 saturated carbocycles. The summed E-state index contributed by atoms with van der Waals surface area (Å²) in [5.74, 6) is 0.995. The van der Waals surface area contributed by atoms with Gasteiger partial charge in [-0.05, 0) is 25.3 Å². The largest absolute Gasteiger partial charge is 0.358 e. The Labute approximate surface area is 138 Å². The van der Waals surface area contributed by atoms with Crippen molar-refractivity contribution in [2.45, 2.75) is 18.9 Å². The molecule has 1 atom stereocenters. The molecule has 7 heteroatoms. The monoisotopic (exact) mass is 323 g/mol. The quantitative estimate of drug-likeness (QED) is 0.649. The van der Waals surface area contributed by atoms with Gasteiger partial charge < -0.3 is 15.5 Å². The Morgan fingerprint density at radius 1 is 1.13 bits per heavy atom. The van der Waals surface area contributed by atoms with Gasteiger partial charge in [0.15, 0.2) is 0 Å². The summed E-state index contributed by atoms with van der Waals surface area (Å²) in [5, 5.41) is 5.96. The third kappa shape index (κ3) is 4.02. The van der Waals surface area contributed by atoms with Crippen LogP contribution in [0.2, 0.25) is 0 Å². The first kappa shape index (κ1) is 16.7. The van der Waals surface area contributed by atoms with Crippen molar-refractivity contribution in [2.75, 3.05) is 66.0 Å². The van der Waals surface area contributed by atoms with Crippen LogP contribution in [0.15, 0.2) is 0 Å². The smallest absolute Gasteiger partial charge is 0.240 e. The topological polar surface area (TPSA) is 67.9 Å². The molecule has 0 aromatic heterocycles. The van der Waals surface area contributed by atoms with Gasteiger partial charge in [-0.1, -0.05) is 0 Å². The molecule has 0 spiro atoms. The summed E-state index contributed by atoms with van der Waals surface area (Å²) in [7, 11) is 1.64. The lowest BCUT2D eigenvalue weighted by Gasteiger charge is -2.40. The van der Waals surface area contributed by atoms with Crippen LogP contribution >= 0.6 is 0 Å². The summed E-state index contributed by atoms with van der Waals surface area (Å²) >= 11 is 0. The molecule has 0 unspecified atom stereocenters. The lowest BCUT2D eigenvalue weighted by atomic mass is 10.0. The Balaban J connectivity index is 1.47. The molecular weight excluding hydrogens is 294 g/mol. The van der Waals surface area contributed by atoms with Gasteiger partial charge in [0, 0.05) is 52.9 Å². The van der Waals surface area contributed by atoms with Gasteiger partial charge in [0.2, 0.25) is 11.8 Å². The third-order valence-corrected chi connectivity index (χ3v) is 5.34. The van der Waals surface area contributed by atoms with E-state index in [0.717, 1.165) is 71.1 Å². The van der Waals surface area contributed by atoms with Gasteiger partial charge in [-0.2, -0.15) is 0 Å². The fraction of sp³-hybridized carbons (Fsp3) is 0.875. The minimum Gasteiger partial charge on any atom is -0.358 e. The Morgan fingerprint density at radius 2 is 1.87 bits per heavy atom. The second-order valence-electron chi connectivity index (χ2n) is 6.95. The molecule has 130 valence electrons. The zero-order chi connectivity index (χ0) is 16.2. The number of hydrogen-bond donors (Lipinski definition) is 2. The van der Waals surface area contributed by atoms with Gasteiger partial charge in [-0.25, -0.2) is 0 Å². The number of nitrogens with zero attached hydrogens (tertiary/aromatic N) is 3. The molecule has 0 aromatic rings. The number of amides is 2. The molecule has 7 nitrogen and oxygen atoms in total. The summed E-state index contributed by atoms with van der Waals surface area (Å²) in [6.45, 7) is 8.20. The highest BCUT2D eigenvalue weighted by atomic mass is 16.2. The van der Waals surface area contributed by atoms with E-state index in [9.17, 15) is 9.59 Å². The molecule has 3 aliphatic heterocycles. The van der Waals surface area contributed by atoms with E-state index in [1.54, 1.807) is 7.05 Å². The number of carbonyl (C=O) groups is 2. The molecular formula is C16H29N5O2. The molecule has 0 aromatic carbocycles. The normalized spacial score (nSPS) is 27.0. The van der Waals surface area contributed by atoms with E-state index in [1.807, 2.05) is 9.80 Å². The van der Waals surface area contributed by atoms with Crippen LogP contribution in [0.5, 0.6) is 0 Å². The average molecular weight is 323 g/mol. The predicted molar refractivity (Wildman–Crippen MR) is 88.0 cm³/mol. The zero-order valence-electron chi connectivity index (χ0n) is 14.1. The fourth-order valence-corrected chi connectivity index (χ4v) is 3.76. The van der Waals surface area contributed by atoms with Crippen LogP contribution in [0, 0.1) is 5.92 Å². The molecule has 3 saturated heterocycles. The highest BCUT2D eigenvalue weighted by Gasteiger charge is 2.35. The Kier molecular flexibility index (Phi) is 5.50. The van der Waals surface area contributed by atoms with Crippen LogP contribution < -0.4 is 10.6 Å². The molecule has 2 N–H and O–H groups in total. The number of likely N-dealkylation sites (tertiary alicyclic amines) is 1. The van der Waals surface area contributed by atoms with Crippen molar-refractivity contribution >= 4 is 11.8 Å². The van der Waals surface area contributed by atoms with Crippen LogP contribution in [-0.4, -0.2) is 98.5 Å². The highest BCUT2D eigenvalue weighted by molar-refractivity contribution is 5.84. The van der Waals surface area contributed by atoms with Gasteiger partial charge in [0.05, 0.1) is 12.6 Å². The molecule has 3 rings (SSSR count). The van der Waals surface area contributed by atoms with Crippen molar-refractivity contribution in [3.63, 3.8) is 0 Å². The van der Waals surface area contributed by atoms with E-state index in [-0.39, 0.29) is 17.9 Å². The SMILES string of the molecule is CNC(=O)CN1CCC[C@H]1C(=O)N1CCN(CC2CNC2)CC1. The number of hydrogen-bond acceptors (Lipinski definition) is 5. The number of likely N-dealkylation sites (N-methyl/N-ethyl adjacent to an activating group) is 1. The second kappa shape index (κ2) is 7.59. The van der Waals surface area contributed by atoms with E-state index in [0.29, 0.717) is 6.54 Å². The van der Waals surface area contributed by atoms with Crippen molar-refractivity contribution < 1.29 is 9.59 Å². The van der Waals surface area contributed by atoms with Gasteiger partial charge in [-0.3, -0.25) is 19.4 Å². The van der Waals surface area contributed by atoms with Crippen molar-refractivity contribution in [1.29, 1.82) is 0 Å². The fourth-order valence-electron chi connectivity index (χ4n) is 3.76. The number of rotatable bonds is 5. The first-order chi connectivity index (χ1) is 11.2. The standard InChI is InChI=1S/C16H29N5O2/c1-17-15(22)12-21-4-2-3-14(21)16(23)20-7-5-19(6-8-20)11-13-9-18-10-13/h13-14,18H,2-12H2,1H3,(H,17,22)/t14-/m0/s1. The molecule has 23 heavy (non-hydrogen) atoms. The van der Waals surface area contributed by atoms with Gasteiger partial charge in [-0.15, -0.1) is 0 Å². The molecule has 3 heterocycles. The van der Waals surface area contributed by atoms with Gasteiger partial charge >= 0.3 is 0 Å². The van der Waals surface area contributed by atoms with Crippen molar-refractivity contribution in [2.24, 2.45) is 5.92 Å². The predicted octanol–water partition coefficient (Wildman–Crippen LogP) is -1.44. The van der Waals surface area contributed by atoms with E-state index in [2.05, 4.69) is 15.5 Å². The summed E-state index contributed by atoms with van der Waals surface area (Å²) < 4.78 is 0. The lowest BCUT2D eigenvalue weighted by Crippen LogP contribution is -2.56. The van der Waals surface area contributed by atoms with Gasteiger partial charge in [0.1, 0.15) is 0 Å².